The third-order valence-electron chi connectivity index (χ3n) is 5.96. The number of nitrogens with zero attached hydrogens (tertiary/aromatic N) is 1. The Labute approximate surface area is 203 Å². The Bertz CT molecular complexity index is 1050. The van der Waals surface area contributed by atoms with Crippen LogP contribution < -0.4 is 10.6 Å². The molecule has 4 rings (SSSR count). The zero-order valence-electron chi connectivity index (χ0n) is 18.4. The number of benzene rings is 2. The molecule has 1 aliphatic heterocycles. The minimum atomic E-state index is -0.457. The van der Waals surface area contributed by atoms with E-state index < -0.39 is 6.04 Å². The first kappa shape index (κ1) is 23.5. The fourth-order valence-electron chi connectivity index (χ4n) is 4.23. The lowest BCUT2D eigenvalue weighted by atomic mass is 10.0. The minimum absolute atomic E-state index is 0.0935. The maximum absolute atomic E-state index is 13.0. The molecule has 7 heteroatoms. The summed E-state index contributed by atoms with van der Waals surface area (Å²) in [7, 11) is 0. The average Bonchev–Trinajstić information content (AvgIpc) is 3.55. The zero-order chi connectivity index (χ0) is 23.0. The Hall–Kier alpha value is -2.67. The molecule has 172 valence electrons. The summed E-state index contributed by atoms with van der Waals surface area (Å²) >= 11 is 7.93. The van der Waals surface area contributed by atoms with Crippen molar-refractivity contribution in [3.8, 4) is 0 Å². The van der Waals surface area contributed by atoms with Crippen LogP contribution in [0, 0.1) is 0 Å². The molecule has 0 bridgehead atoms. The summed E-state index contributed by atoms with van der Waals surface area (Å²) in [5.41, 5.74) is 1.27. The molecule has 1 saturated heterocycles. The van der Waals surface area contributed by atoms with Crippen LogP contribution in [0.1, 0.15) is 52.1 Å². The predicted octanol–water partition coefficient (Wildman–Crippen LogP) is 5.22. The first-order valence-electron chi connectivity index (χ1n) is 11.3. The second-order valence-corrected chi connectivity index (χ2v) is 9.59. The SMILES string of the molecule is O=C(CC(NC(=O)c1ccccc1Cl)c1ccccc1)NCC(c1cccs1)N1CCCC1. The summed E-state index contributed by atoms with van der Waals surface area (Å²) in [6.07, 6.45) is 2.54. The number of carbonyl (C=O) groups excluding carboxylic acids is 2. The molecule has 3 aromatic rings. The number of amides is 2. The second kappa shape index (κ2) is 11.5. The van der Waals surface area contributed by atoms with E-state index >= 15 is 0 Å². The molecule has 0 radical (unpaired) electrons. The number of halogens is 1. The van der Waals surface area contributed by atoms with Gasteiger partial charge in [-0.25, -0.2) is 0 Å². The molecule has 1 aliphatic rings. The molecule has 2 unspecified atom stereocenters. The van der Waals surface area contributed by atoms with Crippen molar-refractivity contribution >= 4 is 34.8 Å². The van der Waals surface area contributed by atoms with Gasteiger partial charge in [0.05, 0.1) is 29.1 Å². The number of carbonyl (C=O) groups is 2. The molecule has 0 saturated carbocycles. The van der Waals surface area contributed by atoms with Gasteiger partial charge in [0.1, 0.15) is 0 Å². The predicted molar refractivity (Wildman–Crippen MR) is 134 cm³/mol. The molecule has 2 heterocycles. The van der Waals surface area contributed by atoms with E-state index in [2.05, 4.69) is 33.0 Å². The molecule has 2 amide bonds. The Morgan fingerprint density at radius 1 is 0.970 bits per heavy atom. The summed E-state index contributed by atoms with van der Waals surface area (Å²) in [6.45, 7) is 2.66. The van der Waals surface area contributed by atoms with E-state index in [0.29, 0.717) is 17.1 Å². The highest BCUT2D eigenvalue weighted by Crippen LogP contribution is 2.28. The van der Waals surface area contributed by atoms with Gasteiger partial charge in [-0.05, 0) is 55.1 Å². The highest BCUT2D eigenvalue weighted by molar-refractivity contribution is 7.10. The van der Waals surface area contributed by atoms with E-state index in [-0.39, 0.29) is 24.3 Å². The van der Waals surface area contributed by atoms with Crippen molar-refractivity contribution in [2.45, 2.75) is 31.3 Å². The molecule has 1 fully saturated rings. The standard InChI is InChI=1S/C26H28ClN3O2S/c27-21-12-5-4-11-20(21)26(32)29-22(19-9-2-1-3-10-19)17-25(31)28-18-23(24-13-8-16-33-24)30-14-6-7-15-30/h1-5,8-13,16,22-23H,6-7,14-15,17-18H2,(H,28,31)(H,29,32). The van der Waals surface area contributed by atoms with Crippen molar-refractivity contribution in [3.63, 3.8) is 0 Å². The van der Waals surface area contributed by atoms with Gasteiger partial charge in [0.25, 0.3) is 5.91 Å². The Morgan fingerprint density at radius 2 is 1.70 bits per heavy atom. The molecular weight excluding hydrogens is 454 g/mol. The highest BCUT2D eigenvalue weighted by atomic mass is 35.5. The number of likely N-dealkylation sites (tertiary alicyclic amines) is 1. The number of thiophene rings is 1. The summed E-state index contributed by atoms with van der Waals surface area (Å²) in [6, 6.07) is 20.4. The van der Waals surface area contributed by atoms with Gasteiger partial charge in [-0.15, -0.1) is 11.3 Å². The highest BCUT2D eigenvalue weighted by Gasteiger charge is 2.26. The third-order valence-corrected chi connectivity index (χ3v) is 7.26. The van der Waals surface area contributed by atoms with Gasteiger partial charge in [0.15, 0.2) is 0 Å². The van der Waals surface area contributed by atoms with Gasteiger partial charge in [0, 0.05) is 11.4 Å². The van der Waals surface area contributed by atoms with Crippen molar-refractivity contribution in [2.75, 3.05) is 19.6 Å². The van der Waals surface area contributed by atoms with Crippen LogP contribution in [-0.4, -0.2) is 36.3 Å². The van der Waals surface area contributed by atoms with E-state index in [9.17, 15) is 9.59 Å². The molecule has 2 aromatic carbocycles. The number of nitrogens with one attached hydrogen (secondary N) is 2. The minimum Gasteiger partial charge on any atom is -0.354 e. The lowest BCUT2D eigenvalue weighted by molar-refractivity contribution is -0.121. The van der Waals surface area contributed by atoms with Crippen LogP contribution in [-0.2, 0) is 4.79 Å². The molecule has 33 heavy (non-hydrogen) atoms. The summed E-state index contributed by atoms with van der Waals surface area (Å²) in [4.78, 5) is 29.6. The normalized spacial score (nSPS) is 15.7. The van der Waals surface area contributed by atoms with Crippen LogP contribution in [0.3, 0.4) is 0 Å². The van der Waals surface area contributed by atoms with Crippen molar-refractivity contribution in [3.05, 3.63) is 93.1 Å². The zero-order valence-corrected chi connectivity index (χ0v) is 19.9. The van der Waals surface area contributed by atoms with Crippen LogP contribution in [0.15, 0.2) is 72.1 Å². The molecule has 1 aromatic heterocycles. The average molecular weight is 482 g/mol. The number of hydrogen-bond donors (Lipinski definition) is 2. The smallest absolute Gasteiger partial charge is 0.253 e. The monoisotopic (exact) mass is 481 g/mol. The fourth-order valence-corrected chi connectivity index (χ4v) is 5.31. The first-order chi connectivity index (χ1) is 16.1. The largest absolute Gasteiger partial charge is 0.354 e. The van der Waals surface area contributed by atoms with Gasteiger partial charge in [-0.1, -0.05) is 60.1 Å². The van der Waals surface area contributed by atoms with E-state index in [1.165, 1.54) is 17.7 Å². The Morgan fingerprint density at radius 3 is 2.39 bits per heavy atom. The van der Waals surface area contributed by atoms with Crippen LogP contribution in [0.4, 0.5) is 0 Å². The Balaban J connectivity index is 1.44. The van der Waals surface area contributed by atoms with Crippen molar-refractivity contribution in [2.24, 2.45) is 0 Å². The lowest BCUT2D eigenvalue weighted by Gasteiger charge is -2.27. The molecule has 0 spiro atoms. The van der Waals surface area contributed by atoms with E-state index in [0.717, 1.165) is 18.7 Å². The lowest BCUT2D eigenvalue weighted by Crippen LogP contribution is -2.38. The van der Waals surface area contributed by atoms with Crippen LogP contribution >= 0.6 is 22.9 Å². The fraction of sp³-hybridized carbons (Fsp3) is 0.308. The van der Waals surface area contributed by atoms with Gasteiger partial charge in [0.2, 0.25) is 5.91 Å². The molecule has 5 nitrogen and oxygen atoms in total. The van der Waals surface area contributed by atoms with Gasteiger partial charge in [-0.2, -0.15) is 0 Å². The topological polar surface area (TPSA) is 61.4 Å². The van der Waals surface area contributed by atoms with Crippen molar-refractivity contribution in [1.82, 2.24) is 15.5 Å². The van der Waals surface area contributed by atoms with Gasteiger partial charge >= 0.3 is 0 Å². The van der Waals surface area contributed by atoms with Crippen LogP contribution in [0.5, 0.6) is 0 Å². The summed E-state index contributed by atoms with van der Waals surface area (Å²) < 4.78 is 0. The van der Waals surface area contributed by atoms with E-state index in [1.807, 2.05) is 30.3 Å². The second-order valence-electron chi connectivity index (χ2n) is 8.20. The summed E-state index contributed by atoms with van der Waals surface area (Å²) in [5, 5.41) is 8.58. The van der Waals surface area contributed by atoms with Gasteiger partial charge < -0.3 is 10.6 Å². The maximum Gasteiger partial charge on any atom is 0.253 e. The summed E-state index contributed by atoms with van der Waals surface area (Å²) in [5.74, 6) is -0.389. The quantitative estimate of drug-likeness (QED) is 0.440. The number of hydrogen-bond acceptors (Lipinski definition) is 4. The van der Waals surface area contributed by atoms with E-state index in [4.69, 9.17) is 11.6 Å². The van der Waals surface area contributed by atoms with Gasteiger partial charge in [-0.3, -0.25) is 14.5 Å². The van der Waals surface area contributed by atoms with Crippen molar-refractivity contribution in [1.29, 1.82) is 0 Å². The van der Waals surface area contributed by atoms with Crippen LogP contribution in [0.25, 0.3) is 0 Å². The van der Waals surface area contributed by atoms with Crippen molar-refractivity contribution < 1.29 is 9.59 Å². The Kier molecular flexibility index (Phi) is 8.15. The molecule has 2 N–H and O–H groups in total. The maximum atomic E-state index is 13.0. The molecular formula is C26H28ClN3O2S. The molecule has 0 aliphatic carbocycles. The third kappa shape index (κ3) is 6.22. The first-order valence-corrected chi connectivity index (χ1v) is 12.5. The van der Waals surface area contributed by atoms with Crippen LogP contribution in [0.2, 0.25) is 5.02 Å². The molecule has 2 atom stereocenters. The number of rotatable bonds is 9. The van der Waals surface area contributed by atoms with E-state index in [1.54, 1.807) is 35.6 Å².